The highest BCUT2D eigenvalue weighted by atomic mass is 16.7. The Bertz CT molecular complexity index is 1570. The first-order chi connectivity index (χ1) is 18.2. The first kappa shape index (κ1) is 25.9. The predicted molar refractivity (Wildman–Crippen MR) is 153 cm³/mol. The molecule has 0 aliphatic carbocycles. The van der Waals surface area contributed by atoms with Crippen molar-refractivity contribution >= 4 is 39.3 Å². The maximum absolute atomic E-state index is 13.3. The number of rotatable bonds is 7. The third-order valence-corrected chi connectivity index (χ3v) is 7.91. The van der Waals surface area contributed by atoms with Gasteiger partial charge in [-0.3, -0.25) is 9.69 Å². The molecule has 3 aromatic carbocycles. The lowest BCUT2D eigenvalue weighted by Crippen LogP contribution is -2.49. The smallest absolute Gasteiger partial charge is 0.341 e. The molecule has 0 N–H and O–H groups in total. The highest BCUT2D eigenvalue weighted by Gasteiger charge is 2.38. The molecule has 4 aromatic rings. The average Bonchev–Trinajstić information content (AvgIpc) is 3.58. The fourth-order valence-corrected chi connectivity index (χ4v) is 5.47. The van der Waals surface area contributed by atoms with Crippen molar-refractivity contribution in [1.82, 2.24) is 9.47 Å². The van der Waals surface area contributed by atoms with Crippen molar-refractivity contribution in [3.05, 3.63) is 82.9 Å². The Morgan fingerprint density at radius 1 is 0.921 bits per heavy atom. The van der Waals surface area contributed by atoms with E-state index >= 15 is 0 Å². The number of fused-ring (bicyclic) bond motifs is 3. The van der Waals surface area contributed by atoms with E-state index in [-0.39, 0.29) is 11.8 Å². The Balaban J connectivity index is 1.50. The maximum Gasteiger partial charge on any atom is 0.354 e. The zero-order valence-electron chi connectivity index (χ0n) is 22.9. The minimum Gasteiger partial charge on any atom is -0.341 e. The van der Waals surface area contributed by atoms with Crippen molar-refractivity contribution in [3.8, 4) is 0 Å². The molecule has 1 saturated heterocycles. The summed E-state index contributed by atoms with van der Waals surface area (Å²) < 4.78 is 2.25. The van der Waals surface area contributed by atoms with Crippen molar-refractivity contribution in [1.29, 1.82) is 0 Å². The number of likely N-dealkylation sites (tertiary alicyclic amines) is 1. The van der Waals surface area contributed by atoms with Crippen LogP contribution in [-0.2, 0) is 16.2 Å². The highest BCUT2D eigenvalue weighted by Crippen LogP contribution is 2.32. The van der Waals surface area contributed by atoms with Gasteiger partial charge in [0.2, 0.25) is 0 Å². The van der Waals surface area contributed by atoms with E-state index in [2.05, 4.69) is 33.7 Å². The Hall–Kier alpha value is -3.77. The van der Waals surface area contributed by atoms with Gasteiger partial charge in [0.1, 0.15) is 5.54 Å². The topological polar surface area (TPSA) is 63.9 Å². The van der Waals surface area contributed by atoms with Gasteiger partial charge in [-0.05, 0) is 102 Å². The lowest BCUT2D eigenvalue weighted by atomic mass is 9.97. The maximum atomic E-state index is 13.3. The molecule has 5 rings (SSSR count). The summed E-state index contributed by atoms with van der Waals surface area (Å²) in [6.07, 6.45) is 2.20. The van der Waals surface area contributed by atoms with Crippen LogP contribution in [0.1, 0.15) is 67.6 Å². The lowest BCUT2D eigenvalue weighted by Gasteiger charge is -2.31. The molecule has 38 heavy (non-hydrogen) atoms. The third-order valence-electron chi connectivity index (χ3n) is 7.91. The molecule has 0 spiro atoms. The van der Waals surface area contributed by atoms with E-state index in [1.54, 1.807) is 0 Å². The number of benzene rings is 3. The number of nitrogens with zero attached hydrogens (tertiary/aromatic N) is 3. The number of hydrogen-bond acceptors (Lipinski definition) is 5. The molecule has 1 aliphatic heterocycles. The number of ketones is 1. The second kappa shape index (κ2) is 10.2. The third kappa shape index (κ3) is 4.54. The van der Waals surface area contributed by atoms with E-state index in [1.807, 2.05) is 76.2 Å². The molecule has 0 atom stereocenters. The number of aromatic nitrogens is 1. The van der Waals surface area contributed by atoms with Crippen LogP contribution in [-0.4, -0.2) is 45.6 Å². The van der Waals surface area contributed by atoms with Gasteiger partial charge < -0.3 is 9.40 Å². The molecule has 1 fully saturated rings. The largest absolute Gasteiger partial charge is 0.354 e. The van der Waals surface area contributed by atoms with Gasteiger partial charge in [-0.15, -0.1) is 0 Å². The van der Waals surface area contributed by atoms with Gasteiger partial charge in [0.15, 0.2) is 5.78 Å². The monoisotopic (exact) mass is 509 g/mol. The van der Waals surface area contributed by atoms with E-state index in [0.29, 0.717) is 16.8 Å². The summed E-state index contributed by atoms with van der Waals surface area (Å²) in [4.78, 5) is 33.8. The molecule has 196 valence electrons. The van der Waals surface area contributed by atoms with Crippen LogP contribution in [0.5, 0.6) is 0 Å². The van der Waals surface area contributed by atoms with Crippen LogP contribution in [0.25, 0.3) is 21.8 Å². The molecule has 0 bridgehead atoms. The van der Waals surface area contributed by atoms with Gasteiger partial charge >= 0.3 is 5.97 Å². The first-order valence-electron chi connectivity index (χ1n) is 13.4. The molecular formula is C32H35N3O3. The van der Waals surface area contributed by atoms with Crippen LogP contribution in [0.3, 0.4) is 0 Å². The zero-order valence-corrected chi connectivity index (χ0v) is 22.9. The van der Waals surface area contributed by atoms with Gasteiger partial charge in [-0.1, -0.05) is 35.5 Å². The number of carbonyl (C=O) groups excluding carboxylic acids is 2. The van der Waals surface area contributed by atoms with E-state index in [0.717, 1.165) is 65.4 Å². The molecular weight excluding hydrogens is 474 g/mol. The number of carbonyl (C=O) groups is 2. The van der Waals surface area contributed by atoms with E-state index in [9.17, 15) is 9.59 Å². The zero-order chi connectivity index (χ0) is 27.0. The van der Waals surface area contributed by atoms with Crippen LogP contribution >= 0.6 is 0 Å². The Morgan fingerprint density at radius 2 is 1.53 bits per heavy atom. The van der Waals surface area contributed by atoms with Crippen LogP contribution in [0, 0.1) is 6.92 Å². The molecule has 0 radical (unpaired) electrons. The Labute approximate surface area is 223 Å². The van der Waals surface area contributed by atoms with Crippen molar-refractivity contribution < 1.29 is 14.4 Å². The van der Waals surface area contributed by atoms with Crippen molar-refractivity contribution in [2.24, 2.45) is 5.16 Å². The SMILES string of the molecule is CCn1c2ccc(C(=O)c3ccccc3C)cc2c2cc(/C(C)=N/OC(=O)C(C)(C)N3CCCC3)ccc21. The predicted octanol–water partition coefficient (Wildman–Crippen LogP) is 6.50. The second-order valence-electron chi connectivity index (χ2n) is 10.7. The van der Waals surface area contributed by atoms with Gasteiger partial charge in [-0.25, -0.2) is 4.79 Å². The average molecular weight is 510 g/mol. The molecule has 2 heterocycles. The molecule has 1 aliphatic rings. The van der Waals surface area contributed by atoms with Gasteiger partial charge in [-0.2, -0.15) is 0 Å². The van der Waals surface area contributed by atoms with Crippen LogP contribution in [0.2, 0.25) is 0 Å². The molecule has 6 nitrogen and oxygen atoms in total. The Morgan fingerprint density at radius 3 is 2.16 bits per heavy atom. The van der Waals surface area contributed by atoms with E-state index in [1.165, 1.54) is 0 Å². The molecule has 1 aromatic heterocycles. The molecule has 0 unspecified atom stereocenters. The quantitative estimate of drug-likeness (QED) is 0.124. The summed E-state index contributed by atoms with van der Waals surface area (Å²) in [5.74, 6) is -0.328. The van der Waals surface area contributed by atoms with Crippen LogP contribution in [0.15, 0.2) is 65.8 Å². The molecule has 0 amide bonds. The Kier molecular flexibility index (Phi) is 6.93. The highest BCUT2D eigenvalue weighted by molar-refractivity contribution is 6.16. The van der Waals surface area contributed by atoms with Gasteiger partial charge in [0, 0.05) is 39.5 Å². The fraction of sp³-hybridized carbons (Fsp3) is 0.344. The van der Waals surface area contributed by atoms with Crippen molar-refractivity contribution in [2.45, 2.75) is 59.5 Å². The summed E-state index contributed by atoms with van der Waals surface area (Å²) in [7, 11) is 0. The van der Waals surface area contributed by atoms with E-state index < -0.39 is 5.54 Å². The minimum atomic E-state index is -0.709. The minimum absolute atomic E-state index is 0.0174. The lowest BCUT2D eigenvalue weighted by molar-refractivity contribution is -0.155. The molecule has 6 heteroatoms. The summed E-state index contributed by atoms with van der Waals surface area (Å²) in [6.45, 7) is 12.3. The fourth-order valence-electron chi connectivity index (χ4n) is 5.47. The number of hydrogen-bond donors (Lipinski definition) is 0. The summed E-state index contributed by atoms with van der Waals surface area (Å²) in [5.41, 5.74) is 5.30. The van der Waals surface area contributed by atoms with Crippen LogP contribution < -0.4 is 0 Å². The van der Waals surface area contributed by atoms with Gasteiger partial charge in [0.25, 0.3) is 0 Å². The number of aryl methyl sites for hydroxylation is 2. The second-order valence-corrected chi connectivity index (χ2v) is 10.7. The first-order valence-corrected chi connectivity index (χ1v) is 13.4. The standard InChI is InChI=1S/C32H35N3O3/c1-6-35-28-15-13-23(22(3)33-38-31(37)32(4,5)34-17-9-10-18-34)19-26(28)27-20-24(14-16-29(27)35)30(36)25-12-8-7-11-21(25)2/h7-8,11-16,19-20H,6,9-10,17-18H2,1-5H3/b33-22+. The van der Waals surface area contributed by atoms with Crippen LogP contribution in [0.4, 0.5) is 0 Å². The van der Waals surface area contributed by atoms with Crippen molar-refractivity contribution in [3.63, 3.8) is 0 Å². The summed E-state index contributed by atoms with van der Waals surface area (Å²) in [5, 5.41) is 6.28. The van der Waals surface area contributed by atoms with Gasteiger partial charge in [0.05, 0.1) is 5.71 Å². The van der Waals surface area contributed by atoms with Crippen molar-refractivity contribution in [2.75, 3.05) is 13.1 Å². The molecule has 0 saturated carbocycles. The summed E-state index contributed by atoms with van der Waals surface area (Å²) in [6, 6.07) is 19.8. The summed E-state index contributed by atoms with van der Waals surface area (Å²) >= 11 is 0. The van der Waals surface area contributed by atoms with E-state index in [4.69, 9.17) is 4.84 Å². The number of oxime groups is 1. The normalized spacial score (nSPS) is 14.9.